The molecule has 1 aromatic rings. The van der Waals surface area contributed by atoms with Crippen molar-refractivity contribution in [2.24, 2.45) is 11.8 Å². The first-order chi connectivity index (χ1) is 21.8. The van der Waals surface area contributed by atoms with Crippen molar-refractivity contribution in [1.29, 1.82) is 0 Å². The topological polar surface area (TPSA) is 140 Å². The highest BCUT2D eigenvalue weighted by Gasteiger charge is 2.81. The fraction of sp³-hybridized carbons (Fsp3) is 0.553. The summed E-state index contributed by atoms with van der Waals surface area (Å²) < 4.78 is 20.5. The highest BCUT2D eigenvalue weighted by molar-refractivity contribution is 6.19. The molecule has 6 aliphatic rings. The van der Waals surface area contributed by atoms with E-state index in [1.165, 1.54) is 18.6 Å². The van der Waals surface area contributed by atoms with Gasteiger partial charge >= 0.3 is 5.97 Å². The van der Waals surface area contributed by atoms with Gasteiger partial charge in [0.05, 0.1) is 16.8 Å². The molecule has 2 fully saturated rings. The van der Waals surface area contributed by atoms with Crippen molar-refractivity contribution in [3.8, 4) is 17.2 Å². The summed E-state index contributed by atoms with van der Waals surface area (Å²) in [4.78, 5) is 40.9. The van der Waals surface area contributed by atoms with E-state index in [0.717, 1.165) is 6.42 Å². The molecule has 47 heavy (non-hydrogen) atoms. The zero-order chi connectivity index (χ0) is 34.5. The van der Waals surface area contributed by atoms with Crippen LogP contribution in [-0.2, 0) is 20.7 Å². The summed E-state index contributed by atoms with van der Waals surface area (Å²) >= 11 is 0. The molecule has 3 aliphatic carbocycles. The van der Waals surface area contributed by atoms with Crippen LogP contribution in [-0.4, -0.2) is 60.9 Å². The molecule has 1 aromatic carbocycles. The van der Waals surface area contributed by atoms with E-state index in [1.807, 2.05) is 40.7 Å². The number of carbonyl (C=O) groups excluding carboxylic acids is 2. The standard InChI is InChI=1S/C38H46O9/c1-20(2)10-9-14-36(8)16-13-23-28(39)27-29(40)25-18-22-19-26-35(6,7)47-37(32(22)41,17-11-21(3)33(42)43)38(25,26)46-31(27)24(30(23)45-36)12-15-34(4,5)44/h10-11,13,16,18,22,26,39,44H,9,12,14-15,17,19H2,1-8H3,(H,42,43)/b21-11-/t22-,26+,36-,37-,38+/m0/s1. The zero-order valence-electron chi connectivity index (χ0n) is 28.6. The average molecular weight is 647 g/mol. The van der Waals surface area contributed by atoms with Gasteiger partial charge in [0.1, 0.15) is 28.4 Å². The van der Waals surface area contributed by atoms with Gasteiger partial charge in [-0.05, 0) is 99.6 Å². The Balaban J connectivity index is 1.58. The predicted molar refractivity (Wildman–Crippen MR) is 176 cm³/mol. The van der Waals surface area contributed by atoms with Crippen LogP contribution in [0.1, 0.15) is 109 Å². The second-order valence-electron chi connectivity index (χ2n) is 15.6. The summed E-state index contributed by atoms with van der Waals surface area (Å²) in [6.07, 6.45) is 11.3. The summed E-state index contributed by atoms with van der Waals surface area (Å²) in [5, 5.41) is 32.3. The minimum atomic E-state index is -1.67. The number of hydrogen-bond acceptors (Lipinski definition) is 8. The van der Waals surface area contributed by atoms with Gasteiger partial charge in [0.2, 0.25) is 0 Å². The minimum Gasteiger partial charge on any atom is -0.506 e. The number of aromatic hydroxyl groups is 1. The molecule has 5 atom stereocenters. The van der Waals surface area contributed by atoms with Crippen LogP contribution in [0.4, 0.5) is 0 Å². The number of allylic oxidation sites excluding steroid dienone is 3. The Labute approximate surface area is 276 Å². The molecule has 1 saturated carbocycles. The molecule has 3 heterocycles. The number of Topliss-reactive ketones (excluding diaryl/α,β-unsaturated/α-hetero) is 2. The maximum atomic E-state index is 14.7. The molecule has 9 heteroatoms. The molecule has 3 aliphatic heterocycles. The summed E-state index contributed by atoms with van der Waals surface area (Å²) in [5.74, 6) is -2.63. The highest BCUT2D eigenvalue weighted by Crippen LogP contribution is 2.68. The Kier molecular flexibility index (Phi) is 7.53. The zero-order valence-corrected chi connectivity index (χ0v) is 28.6. The predicted octanol–water partition coefficient (Wildman–Crippen LogP) is 6.43. The van der Waals surface area contributed by atoms with Crippen LogP contribution < -0.4 is 9.47 Å². The lowest BCUT2D eigenvalue weighted by Crippen LogP contribution is -2.72. The third-order valence-electron chi connectivity index (χ3n) is 10.8. The number of aliphatic carboxylic acids is 1. The Morgan fingerprint density at radius 3 is 2.43 bits per heavy atom. The van der Waals surface area contributed by atoms with Gasteiger partial charge < -0.3 is 29.5 Å². The van der Waals surface area contributed by atoms with Crippen molar-refractivity contribution in [1.82, 2.24) is 0 Å². The summed E-state index contributed by atoms with van der Waals surface area (Å²) in [6.45, 7) is 14.7. The van der Waals surface area contributed by atoms with Gasteiger partial charge in [0.25, 0.3) is 0 Å². The number of aliphatic hydroxyl groups is 1. The third kappa shape index (κ3) is 4.91. The molecule has 0 unspecified atom stereocenters. The molecule has 0 aromatic heterocycles. The van der Waals surface area contributed by atoms with E-state index in [0.29, 0.717) is 36.1 Å². The van der Waals surface area contributed by atoms with Gasteiger partial charge in [-0.2, -0.15) is 0 Å². The van der Waals surface area contributed by atoms with Crippen LogP contribution in [0.15, 0.2) is 41.0 Å². The number of carboxylic acid groups (broad SMARTS) is 1. The number of carbonyl (C=O) groups is 3. The van der Waals surface area contributed by atoms with Crippen LogP contribution in [0.3, 0.4) is 0 Å². The maximum absolute atomic E-state index is 14.7. The summed E-state index contributed by atoms with van der Waals surface area (Å²) in [7, 11) is 0. The van der Waals surface area contributed by atoms with Crippen LogP contribution in [0.25, 0.3) is 6.08 Å². The van der Waals surface area contributed by atoms with Crippen molar-refractivity contribution in [2.45, 2.75) is 122 Å². The number of phenols is 1. The van der Waals surface area contributed by atoms with E-state index in [1.54, 1.807) is 26.0 Å². The van der Waals surface area contributed by atoms with Gasteiger partial charge in [0.15, 0.2) is 22.8 Å². The number of benzene rings is 1. The molecule has 252 valence electrons. The molecular formula is C38H46O9. The Morgan fingerprint density at radius 1 is 1.09 bits per heavy atom. The second kappa shape index (κ2) is 10.7. The van der Waals surface area contributed by atoms with E-state index in [2.05, 4.69) is 6.08 Å². The smallest absolute Gasteiger partial charge is 0.330 e. The SMILES string of the molecule is CC(C)=CCC[C@@]1(C)C=Cc2c(O)c3c(c(CCC(C)(C)O)c2O1)O[C@]12C(=C[C@H]4C[C@@H]1C(C)(C)O[C@@]2(C/C=C(/C)C(=O)O)C4=O)C3=O. The molecule has 3 N–H and O–H groups in total. The lowest BCUT2D eigenvalue weighted by Gasteiger charge is -2.56. The number of rotatable bonds is 9. The van der Waals surface area contributed by atoms with Crippen LogP contribution in [0.2, 0.25) is 0 Å². The first-order valence-corrected chi connectivity index (χ1v) is 16.5. The molecule has 1 spiro atoms. The fourth-order valence-corrected chi connectivity index (χ4v) is 8.34. The molecule has 4 bridgehead atoms. The molecule has 0 radical (unpaired) electrons. The summed E-state index contributed by atoms with van der Waals surface area (Å²) in [5.41, 5.74) is -3.54. The van der Waals surface area contributed by atoms with E-state index in [4.69, 9.17) is 14.2 Å². The van der Waals surface area contributed by atoms with Crippen molar-refractivity contribution in [3.63, 3.8) is 0 Å². The summed E-state index contributed by atoms with van der Waals surface area (Å²) in [6, 6.07) is 0. The van der Waals surface area contributed by atoms with Gasteiger partial charge in [-0.1, -0.05) is 23.8 Å². The Morgan fingerprint density at radius 2 is 1.79 bits per heavy atom. The minimum absolute atomic E-state index is 0.00243. The van der Waals surface area contributed by atoms with Crippen LogP contribution in [0.5, 0.6) is 17.2 Å². The van der Waals surface area contributed by atoms with Gasteiger partial charge in [0, 0.05) is 35.0 Å². The highest BCUT2D eigenvalue weighted by atomic mass is 16.6. The lowest BCUT2D eigenvalue weighted by molar-refractivity contribution is -0.171. The van der Waals surface area contributed by atoms with Crippen molar-refractivity contribution < 1.29 is 43.9 Å². The monoisotopic (exact) mass is 646 g/mol. The van der Waals surface area contributed by atoms with Crippen molar-refractivity contribution in [3.05, 3.63) is 57.7 Å². The Hall–Kier alpha value is -3.69. The van der Waals surface area contributed by atoms with Crippen molar-refractivity contribution in [2.75, 3.05) is 0 Å². The largest absolute Gasteiger partial charge is 0.506 e. The molecular weight excluding hydrogens is 600 g/mol. The number of phenolic OH excluding ortho intramolecular Hbond substituents is 1. The Bertz CT molecular complexity index is 1710. The molecule has 7 rings (SSSR count). The lowest BCUT2D eigenvalue weighted by atomic mass is 9.51. The van der Waals surface area contributed by atoms with Gasteiger partial charge in [-0.25, -0.2) is 4.79 Å². The number of hydrogen-bond donors (Lipinski definition) is 3. The van der Waals surface area contributed by atoms with Gasteiger partial charge in [-0.15, -0.1) is 0 Å². The van der Waals surface area contributed by atoms with Crippen molar-refractivity contribution >= 4 is 23.6 Å². The fourth-order valence-electron chi connectivity index (χ4n) is 8.34. The van der Waals surface area contributed by atoms with E-state index in [-0.39, 0.29) is 46.8 Å². The number of fused-ring (bicyclic) bond motifs is 2. The number of carboxylic acids is 1. The third-order valence-corrected chi connectivity index (χ3v) is 10.8. The van der Waals surface area contributed by atoms with Crippen LogP contribution >= 0.6 is 0 Å². The normalized spacial score (nSPS) is 31.3. The molecule has 0 amide bonds. The molecule has 1 saturated heterocycles. The van der Waals surface area contributed by atoms with Crippen LogP contribution in [0, 0.1) is 11.8 Å². The van der Waals surface area contributed by atoms with Gasteiger partial charge in [-0.3, -0.25) is 9.59 Å². The second-order valence-corrected chi connectivity index (χ2v) is 15.6. The van der Waals surface area contributed by atoms with E-state index < -0.39 is 51.6 Å². The molecule has 9 nitrogen and oxygen atoms in total. The maximum Gasteiger partial charge on any atom is 0.330 e. The first kappa shape index (κ1) is 33.2. The number of ketones is 2. The number of ether oxygens (including phenoxy) is 3. The first-order valence-electron chi connectivity index (χ1n) is 16.5. The quantitative estimate of drug-likeness (QED) is 0.204. The van der Waals surface area contributed by atoms with E-state index in [9.17, 15) is 29.7 Å². The van der Waals surface area contributed by atoms with E-state index >= 15 is 0 Å². The average Bonchev–Trinajstić information content (AvgIpc) is 3.11.